The second kappa shape index (κ2) is 6.94. The molecule has 1 aliphatic rings. The third-order valence-corrected chi connectivity index (χ3v) is 4.42. The van der Waals surface area contributed by atoms with Crippen molar-refractivity contribution in [2.24, 2.45) is 5.92 Å². The lowest BCUT2D eigenvalue weighted by Crippen LogP contribution is -2.39. The molecule has 5 heteroatoms. The van der Waals surface area contributed by atoms with Crippen LogP contribution in [0.2, 0.25) is 0 Å². The zero-order valence-electron chi connectivity index (χ0n) is 13.8. The quantitative estimate of drug-likeness (QED) is 0.869. The number of benzene rings is 1. The first kappa shape index (κ1) is 15.7. The third kappa shape index (κ3) is 3.78. The number of aromatic nitrogens is 2. The summed E-state index contributed by atoms with van der Waals surface area (Å²) in [5, 5.41) is 4.04. The van der Waals surface area contributed by atoms with Crippen LogP contribution in [0.1, 0.15) is 37.6 Å². The summed E-state index contributed by atoms with van der Waals surface area (Å²) >= 11 is 0. The van der Waals surface area contributed by atoms with Crippen molar-refractivity contribution < 1.29 is 9.32 Å². The third-order valence-electron chi connectivity index (χ3n) is 4.42. The van der Waals surface area contributed by atoms with Gasteiger partial charge in [0.1, 0.15) is 0 Å². The first-order valence-corrected chi connectivity index (χ1v) is 8.30. The molecule has 1 amide bonds. The van der Waals surface area contributed by atoms with Crippen LogP contribution in [0.4, 0.5) is 0 Å². The van der Waals surface area contributed by atoms with E-state index in [0.29, 0.717) is 30.5 Å². The molecule has 1 fully saturated rings. The van der Waals surface area contributed by atoms with Crippen LogP contribution >= 0.6 is 0 Å². The summed E-state index contributed by atoms with van der Waals surface area (Å²) in [7, 11) is 0. The summed E-state index contributed by atoms with van der Waals surface area (Å²) in [6, 6.07) is 7.94. The number of nitrogens with zero attached hydrogens (tertiary/aromatic N) is 3. The van der Waals surface area contributed by atoms with E-state index in [-0.39, 0.29) is 5.91 Å². The summed E-state index contributed by atoms with van der Waals surface area (Å²) in [4.78, 5) is 18.7. The highest BCUT2D eigenvalue weighted by Crippen LogP contribution is 2.21. The Morgan fingerprint density at radius 2 is 2.22 bits per heavy atom. The van der Waals surface area contributed by atoms with Gasteiger partial charge in [0.05, 0.1) is 0 Å². The average molecular weight is 313 g/mol. The summed E-state index contributed by atoms with van der Waals surface area (Å²) in [6.07, 6.45) is 3.25. The van der Waals surface area contributed by atoms with Crippen molar-refractivity contribution >= 4 is 5.91 Å². The number of aryl methyl sites for hydroxylation is 2. The largest absolute Gasteiger partial charge is 0.342 e. The van der Waals surface area contributed by atoms with Gasteiger partial charge in [0, 0.05) is 31.5 Å². The lowest BCUT2D eigenvalue weighted by molar-refractivity contribution is -0.132. The van der Waals surface area contributed by atoms with Gasteiger partial charge in [-0.05, 0) is 31.2 Å². The maximum absolute atomic E-state index is 12.3. The van der Waals surface area contributed by atoms with Gasteiger partial charge in [0.15, 0.2) is 0 Å². The van der Waals surface area contributed by atoms with Gasteiger partial charge >= 0.3 is 0 Å². The Kier molecular flexibility index (Phi) is 4.74. The van der Waals surface area contributed by atoms with Gasteiger partial charge in [-0.1, -0.05) is 36.3 Å². The van der Waals surface area contributed by atoms with E-state index in [0.717, 1.165) is 30.6 Å². The van der Waals surface area contributed by atoms with E-state index in [1.807, 2.05) is 36.1 Å². The molecular formula is C18H23N3O2. The fourth-order valence-electron chi connectivity index (χ4n) is 3.08. The van der Waals surface area contributed by atoms with Crippen molar-refractivity contribution in [3.8, 4) is 11.4 Å². The Balaban J connectivity index is 1.59. The lowest BCUT2D eigenvalue weighted by atomic mass is 10.00. The summed E-state index contributed by atoms with van der Waals surface area (Å²) in [6.45, 7) is 5.97. The molecule has 2 heterocycles. The molecule has 1 atom stereocenters. The lowest BCUT2D eigenvalue weighted by Gasteiger charge is -2.30. The minimum atomic E-state index is 0.187. The number of amides is 1. The van der Waals surface area contributed by atoms with Crippen LogP contribution in [0.25, 0.3) is 11.4 Å². The summed E-state index contributed by atoms with van der Waals surface area (Å²) in [5.41, 5.74) is 2.08. The van der Waals surface area contributed by atoms with Gasteiger partial charge < -0.3 is 9.42 Å². The Morgan fingerprint density at radius 3 is 3.00 bits per heavy atom. The zero-order chi connectivity index (χ0) is 16.2. The molecule has 1 saturated heterocycles. The fraction of sp³-hybridized carbons (Fsp3) is 0.500. The van der Waals surface area contributed by atoms with Gasteiger partial charge in [-0.15, -0.1) is 0 Å². The molecule has 1 aromatic carbocycles. The highest BCUT2D eigenvalue weighted by Gasteiger charge is 2.21. The van der Waals surface area contributed by atoms with Crippen molar-refractivity contribution in [1.82, 2.24) is 15.0 Å². The topological polar surface area (TPSA) is 59.2 Å². The van der Waals surface area contributed by atoms with Crippen LogP contribution in [-0.4, -0.2) is 34.0 Å². The molecule has 1 unspecified atom stereocenters. The Labute approximate surface area is 136 Å². The van der Waals surface area contributed by atoms with Gasteiger partial charge in [0.2, 0.25) is 17.6 Å². The van der Waals surface area contributed by atoms with E-state index < -0.39 is 0 Å². The van der Waals surface area contributed by atoms with Crippen LogP contribution in [0.5, 0.6) is 0 Å². The minimum absolute atomic E-state index is 0.187. The van der Waals surface area contributed by atoms with E-state index in [1.54, 1.807) is 0 Å². The van der Waals surface area contributed by atoms with Gasteiger partial charge in [-0.3, -0.25) is 4.79 Å². The maximum atomic E-state index is 12.3. The van der Waals surface area contributed by atoms with E-state index in [9.17, 15) is 4.79 Å². The SMILES string of the molecule is Cc1ccccc1-c1noc(CCC(=O)N2CCCC(C)C2)n1. The number of likely N-dealkylation sites (tertiary alicyclic amines) is 1. The molecule has 0 spiro atoms. The molecule has 0 radical (unpaired) electrons. The molecule has 0 saturated carbocycles. The first-order chi connectivity index (χ1) is 11.1. The molecule has 0 bridgehead atoms. The van der Waals surface area contributed by atoms with Crippen LogP contribution in [0.3, 0.4) is 0 Å². The Morgan fingerprint density at radius 1 is 1.39 bits per heavy atom. The number of carbonyl (C=O) groups excluding carboxylic acids is 1. The number of carbonyl (C=O) groups is 1. The van der Waals surface area contributed by atoms with E-state index >= 15 is 0 Å². The van der Waals surface area contributed by atoms with Crippen molar-refractivity contribution in [2.45, 2.75) is 39.5 Å². The fourth-order valence-corrected chi connectivity index (χ4v) is 3.08. The molecule has 122 valence electrons. The van der Waals surface area contributed by atoms with Crippen LogP contribution in [0, 0.1) is 12.8 Å². The van der Waals surface area contributed by atoms with Crippen LogP contribution in [-0.2, 0) is 11.2 Å². The van der Waals surface area contributed by atoms with Crippen molar-refractivity contribution in [2.75, 3.05) is 13.1 Å². The second-order valence-electron chi connectivity index (χ2n) is 6.41. The molecule has 1 aliphatic heterocycles. The number of rotatable bonds is 4. The Hall–Kier alpha value is -2.17. The molecule has 0 aliphatic carbocycles. The Bertz CT molecular complexity index is 680. The summed E-state index contributed by atoms with van der Waals surface area (Å²) < 4.78 is 5.30. The van der Waals surface area contributed by atoms with Gasteiger partial charge in [-0.25, -0.2) is 0 Å². The minimum Gasteiger partial charge on any atom is -0.342 e. The second-order valence-corrected chi connectivity index (χ2v) is 6.41. The van der Waals surface area contributed by atoms with Crippen LogP contribution in [0.15, 0.2) is 28.8 Å². The zero-order valence-corrected chi connectivity index (χ0v) is 13.8. The first-order valence-electron chi connectivity index (χ1n) is 8.30. The van der Waals surface area contributed by atoms with Crippen molar-refractivity contribution in [1.29, 1.82) is 0 Å². The molecule has 5 nitrogen and oxygen atoms in total. The van der Waals surface area contributed by atoms with E-state index in [4.69, 9.17) is 4.52 Å². The van der Waals surface area contributed by atoms with Gasteiger partial charge in [-0.2, -0.15) is 4.98 Å². The molecule has 3 rings (SSSR count). The summed E-state index contributed by atoms with van der Waals surface area (Å²) in [5.74, 6) is 1.91. The predicted octanol–water partition coefficient (Wildman–Crippen LogP) is 3.24. The van der Waals surface area contributed by atoms with Crippen molar-refractivity contribution in [3.05, 3.63) is 35.7 Å². The molecule has 23 heavy (non-hydrogen) atoms. The number of hydrogen-bond acceptors (Lipinski definition) is 4. The standard InChI is InChI=1S/C18H23N3O2/c1-13-6-5-11-21(12-13)17(22)10-9-16-19-18(20-23-16)15-8-4-3-7-14(15)2/h3-4,7-8,13H,5-6,9-12H2,1-2H3. The average Bonchev–Trinajstić information content (AvgIpc) is 3.02. The van der Waals surface area contributed by atoms with E-state index in [1.165, 1.54) is 6.42 Å². The molecule has 2 aromatic rings. The highest BCUT2D eigenvalue weighted by molar-refractivity contribution is 5.76. The molecule has 0 N–H and O–H groups in total. The highest BCUT2D eigenvalue weighted by atomic mass is 16.5. The maximum Gasteiger partial charge on any atom is 0.227 e. The smallest absolute Gasteiger partial charge is 0.227 e. The predicted molar refractivity (Wildman–Crippen MR) is 87.8 cm³/mol. The van der Waals surface area contributed by atoms with Crippen LogP contribution < -0.4 is 0 Å². The number of hydrogen-bond donors (Lipinski definition) is 0. The molecule has 1 aromatic heterocycles. The van der Waals surface area contributed by atoms with E-state index in [2.05, 4.69) is 17.1 Å². The molecular weight excluding hydrogens is 290 g/mol. The number of piperidine rings is 1. The van der Waals surface area contributed by atoms with Gasteiger partial charge in [0.25, 0.3) is 0 Å². The normalized spacial score (nSPS) is 18.2. The van der Waals surface area contributed by atoms with Crippen molar-refractivity contribution in [3.63, 3.8) is 0 Å². The monoisotopic (exact) mass is 313 g/mol.